The van der Waals surface area contributed by atoms with Crippen LogP contribution in [-0.4, -0.2) is 78.1 Å². The van der Waals surface area contributed by atoms with E-state index in [1.165, 1.54) is 19.2 Å². The first-order chi connectivity index (χ1) is 16.8. The summed E-state index contributed by atoms with van der Waals surface area (Å²) >= 11 is 0. The first-order valence-electron chi connectivity index (χ1n) is 11.7. The quantitative estimate of drug-likeness (QED) is 0.712. The van der Waals surface area contributed by atoms with Gasteiger partial charge in [-0.15, -0.1) is 0 Å². The minimum absolute atomic E-state index is 0.0533. The number of anilines is 1. The number of hydrogen-bond donors (Lipinski definition) is 1. The minimum atomic E-state index is -0.940. The number of amides is 2. The molecule has 35 heavy (non-hydrogen) atoms. The van der Waals surface area contributed by atoms with Gasteiger partial charge in [0.25, 0.3) is 11.8 Å². The Morgan fingerprint density at radius 1 is 1.17 bits per heavy atom. The first kappa shape index (κ1) is 25.0. The van der Waals surface area contributed by atoms with E-state index in [2.05, 4.69) is 27.0 Å². The number of methoxy groups -OCH3 is 1. The molecule has 3 fully saturated rings. The molecule has 3 heterocycles. The molecule has 2 aromatic rings. The lowest BCUT2D eigenvalue weighted by Crippen LogP contribution is -2.47. The number of benzene rings is 1. The Bertz CT molecular complexity index is 1090. The lowest BCUT2D eigenvalue weighted by Gasteiger charge is -2.31. The third-order valence-corrected chi connectivity index (χ3v) is 6.55. The van der Waals surface area contributed by atoms with Gasteiger partial charge in [-0.05, 0) is 57.5 Å². The van der Waals surface area contributed by atoms with E-state index < -0.39 is 17.7 Å². The molecule has 8 nitrogen and oxygen atoms in total. The van der Waals surface area contributed by atoms with Crippen LogP contribution < -0.4 is 10.1 Å². The number of ether oxygens (including phenoxy) is 2. The van der Waals surface area contributed by atoms with Gasteiger partial charge in [0.1, 0.15) is 11.8 Å². The zero-order valence-corrected chi connectivity index (χ0v) is 20.0. The van der Waals surface area contributed by atoms with Gasteiger partial charge in [0.05, 0.1) is 13.2 Å². The highest BCUT2D eigenvalue weighted by atomic mass is 19.2. The standard InChI is InChI=1S/C18H24N4O3.C7H6F2O/c1-11-3-4-16(25-11)17(23)20-12-5-6-19-13(9-12)18(24)22-8-7-21(2)14-10-15(14)22;1-10-6-4-2-3-5(8)7(6)9/h5-6,9,11,14-16H,3-4,7-8,10H2,1-2H3,(H,19,20,23);2-4H,1H3. The van der Waals surface area contributed by atoms with E-state index in [9.17, 15) is 18.4 Å². The molecular weight excluding hydrogens is 458 g/mol. The third kappa shape index (κ3) is 5.76. The molecule has 0 radical (unpaired) electrons. The van der Waals surface area contributed by atoms with Crippen molar-refractivity contribution in [2.45, 2.75) is 50.5 Å². The molecule has 0 bridgehead atoms. The number of aromatic nitrogens is 1. The molecule has 4 unspecified atom stereocenters. The highest BCUT2D eigenvalue weighted by molar-refractivity contribution is 5.97. The summed E-state index contributed by atoms with van der Waals surface area (Å²) in [5.41, 5.74) is 0.974. The van der Waals surface area contributed by atoms with Crippen molar-refractivity contribution < 1.29 is 27.8 Å². The van der Waals surface area contributed by atoms with Crippen LogP contribution in [0.25, 0.3) is 0 Å². The number of likely N-dealkylation sites (N-methyl/N-ethyl adjacent to an activating group) is 1. The Morgan fingerprint density at radius 2 is 1.97 bits per heavy atom. The summed E-state index contributed by atoms with van der Waals surface area (Å²) in [5, 5.41) is 2.85. The molecule has 5 rings (SSSR count). The van der Waals surface area contributed by atoms with Crippen molar-refractivity contribution in [2.75, 3.05) is 32.6 Å². The van der Waals surface area contributed by atoms with Crippen molar-refractivity contribution in [1.82, 2.24) is 14.8 Å². The molecule has 1 aromatic heterocycles. The molecular formula is C25H30F2N4O4. The van der Waals surface area contributed by atoms with Gasteiger partial charge in [0.2, 0.25) is 5.82 Å². The SMILES string of the molecule is CC1CCC(C(=O)Nc2ccnc(C(=O)N3CCN(C)C4CC43)c2)O1.COc1cccc(F)c1F. The number of rotatable bonds is 4. The van der Waals surface area contributed by atoms with Crippen LogP contribution in [0.2, 0.25) is 0 Å². The summed E-state index contributed by atoms with van der Waals surface area (Å²) in [6.45, 7) is 3.58. The van der Waals surface area contributed by atoms with Crippen molar-refractivity contribution in [1.29, 1.82) is 0 Å². The summed E-state index contributed by atoms with van der Waals surface area (Å²) in [4.78, 5) is 33.5. The van der Waals surface area contributed by atoms with Crippen molar-refractivity contribution in [3.8, 4) is 5.75 Å². The van der Waals surface area contributed by atoms with Crippen molar-refractivity contribution >= 4 is 17.5 Å². The predicted octanol–water partition coefficient (Wildman–Crippen LogP) is 3.09. The molecule has 2 amide bonds. The van der Waals surface area contributed by atoms with Crippen LogP contribution in [0, 0.1) is 11.6 Å². The monoisotopic (exact) mass is 488 g/mol. The number of carbonyl (C=O) groups is 2. The maximum absolute atomic E-state index is 12.8. The second-order valence-corrected chi connectivity index (χ2v) is 9.04. The van der Waals surface area contributed by atoms with E-state index in [1.54, 1.807) is 18.3 Å². The van der Waals surface area contributed by atoms with Gasteiger partial charge >= 0.3 is 0 Å². The maximum atomic E-state index is 12.8. The summed E-state index contributed by atoms with van der Waals surface area (Å²) < 4.78 is 34.9. The van der Waals surface area contributed by atoms with E-state index >= 15 is 0 Å². The van der Waals surface area contributed by atoms with Crippen molar-refractivity contribution in [3.63, 3.8) is 0 Å². The summed E-state index contributed by atoms with van der Waals surface area (Å²) in [7, 11) is 3.39. The van der Waals surface area contributed by atoms with Crippen LogP contribution in [-0.2, 0) is 9.53 Å². The second-order valence-electron chi connectivity index (χ2n) is 9.04. The molecule has 188 valence electrons. The maximum Gasteiger partial charge on any atom is 0.272 e. The van der Waals surface area contributed by atoms with E-state index in [0.29, 0.717) is 23.5 Å². The van der Waals surface area contributed by atoms with Gasteiger partial charge in [0, 0.05) is 37.1 Å². The van der Waals surface area contributed by atoms with E-state index in [4.69, 9.17) is 4.74 Å². The smallest absolute Gasteiger partial charge is 0.272 e. The Hall–Kier alpha value is -3.11. The van der Waals surface area contributed by atoms with Gasteiger partial charge in [0.15, 0.2) is 11.6 Å². The Labute approximate surface area is 203 Å². The first-order valence-corrected chi connectivity index (χ1v) is 11.7. The molecule has 1 saturated carbocycles. The fourth-order valence-electron chi connectivity index (χ4n) is 4.46. The van der Waals surface area contributed by atoms with Gasteiger partial charge < -0.3 is 19.7 Å². The number of piperazine rings is 1. The minimum Gasteiger partial charge on any atom is -0.494 e. The molecule has 2 saturated heterocycles. The summed E-state index contributed by atoms with van der Waals surface area (Å²) in [6.07, 6.45) is 3.94. The average molecular weight is 489 g/mol. The topological polar surface area (TPSA) is 84.0 Å². The molecule has 4 atom stereocenters. The fraction of sp³-hybridized carbons (Fsp3) is 0.480. The van der Waals surface area contributed by atoms with Crippen LogP contribution in [0.1, 0.15) is 36.7 Å². The number of pyridine rings is 1. The summed E-state index contributed by atoms with van der Waals surface area (Å²) in [6, 6.07) is 7.94. The Kier molecular flexibility index (Phi) is 7.61. The van der Waals surface area contributed by atoms with Crippen LogP contribution in [0.3, 0.4) is 0 Å². The number of halogens is 2. The molecule has 0 spiro atoms. The Morgan fingerprint density at radius 3 is 2.66 bits per heavy atom. The molecule has 10 heteroatoms. The number of nitrogens with one attached hydrogen (secondary N) is 1. The van der Waals surface area contributed by atoms with Crippen LogP contribution >= 0.6 is 0 Å². The van der Waals surface area contributed by atoms with Gasteiger partial charge in [-0.25, -0.2) is 4.39 Å². The van der Waals surface area contributed by atoms with Crippen molar-refractivity contribution in [3.05, 3.63) is 53.9 Å². The fourth-order valence-corrected chi connectivity index (χ4v) is 4.46. The van der Waals surface area contributed by atoms with Crippen LogP contribution in [0.15, 0.2) is 36.5 Å². The Balaban J connectivity index is 0.000000243. The summed E-state index contributed by atoms with van der Waals surface area (Å²) in [5.74, 6) is -2.11. The van der Waals surface area contributed by atoms with Crippen LogP contribution in [0.5, 0.6) is 5.75 Å². The molecule has 2 aliphatic heterocycles. The normalized spacial score (nSPS) is 25.2. The predicted molar refractivity (Wildman–Crippen MR) is 125 cm³/mol. The average Bonchev–Trinajstić information content (AvgIpc) is 3.55. The molecule has 1 aliphatic carbocycles. The number of fused-ring (bicyclic) bond motifs is 1. The number of hydrogen-bond acceptors (Lipinski definition) is 6. The molecule has 1 aromatic carbocycles. The van der Waals surface area contributed by atoms with E-state index in [1.807, 2.05) is 11.8 Å². The number of nitrogens with zero attached hydrogens (tertiary/aromatic N) is 3. The lowest BCUT2D eigenvalue weighted by atomic mass is 10.2. The lowest BCUT2D eigenvalue weighted by molar-refractivity contribution is -0.126. The number of carbonyl (C=O) groups excluding carboxylic acids is 2. The third-order valence-electron chi connectivity index (χ3n) is 6.55. The highest BCUT2D eigenvalue weighted by Crippen LogP contribution is 2.36. The zero-order chi connectivity index (χ0) is 25.1. The molecule has 3 aliphatic rings. The van der Waals surface area contributed by atoms with Crippen LogP contribution in [0.4, 0.5) is 14.5 Å². The van der Waals surface area contributed by atoms with Gasteiger partial charge in [-0.2, -0.15) is 4.39 Å². The van der Waals surface area contributed by atoms with Crippen molar-refractivity contribution in [2.24, 2.45) is 0 Å². The van der Waals surface area contributed by atoms with Gasteiger partial charge in [-0.3, -0.25) is 19.5 Å². The largest absolute Gasteiger partial charge is 0.494 e. The van der Waals surface area contributed by atoms with Gasteiger partial charge in [-0.1, -0.05) is 6.07 Å². The highest BCUT2D eigenvalue weighted by Gasteiger charge is 2.49. The van der Waals surface area contributed by atoms with E-state index in [-0.39, 0.29) is 23.7 Å². The zero-order valence-electron chi connectivity index (χ0n) is 20.0. The second kappa shape index (κ2) is 10.7. The van der Waals surface area contributed by atoms with E-state index in [0.717, 1.165) is 38.4 Å². The molecule has 1 N–H and O–H groups in total.